The highest BCUT2D eigenvalue weighted by Gasteiger charge is 2.56. The number of pyridine rings is 1. The van der Waals surface area contributed by atoms with Crippen molar-refractivity contribution < 1.29 is 0 Å². The van der Waals surface area contributed by atoms with E-state index in [1.54, 1.807) is 0 Å². The Labute approximate surface area is 141 Å². The number of hydrogen-bond donors (Lipinski definition) is 0. The second-order valence-corrected chi connectivity index (χ2v) is 8.50. The molecule has 3 rings (SSSR count). The molecule has 1 aromatic carbocycles. The molecule has 23 heavy (non-hydrogen) atoms. The highest BCUT2D eigenvalue weighted by atomic mass is 14.7. The molecule has 122 valence electrons. The summed E-state index contributed by atoms with van der Waals surface area (Å²) in [5.41, 5.74) is 7.20. The van der Waals surface area contributed by atoms with E-state index in [9.17, 15) is 0 Å². The Morgan fingerprint density at radius 3 is 2.17 bits per heavy atom. The van der Waals surface area contributed by atoms with Gasteiger partial charge in [-0.1, -0.05) is 66.7 Å². The van der Waals surface area contributed by atoms with E-state index in [0.29, 0.717) is 0 Å². The first-order valence-corrected chi connectivity index (χ1v) is 8.74. The highest BCUT2D eigenvalue weighted by Crippen LogP contribution is 2.61. The van der Waals surface area contributed by atoms with E-state index in [-0.39, 0.29) is 16.2 Å². The second kappa shape index (κ2) is 4.93. The molecule has 1 nitrogen and oxygen atoms in total. The Kier molecular flexibility index (Phi) is 3.48. The number of aromatic nitrogens is 1. The third-order valence-electron chi connectivity index (χ3n) is 7.04. The molecule has 0 unspecified atom stereocenters. The molecule has 0 amide bonds. The fraction of sp³-hybridized carbons (Fsp3) is 0.500. The van der Waals surface area contributed by atoms with Crippen LogP contribution in [0.2, 0.25) is 0 Å². The first-order valence-electron chi connectivity index (χ1n) is 8.74. The summed E-state index contributed by atoms with van der Waals surface area (Å²) in [6, 6.07) is 11.2. The molecule has 0 saturated heterocycles. The van der Waals surface area contributed by atoms with Gasteiger partial charge in [0.25, 0.3) is 0 Å². The molecule has 0 fully saturated rings. The van der Waals surface area contributed by atoms with Gasteiger partial charge in [0.15, 0.2) is 0 Å². The third kappa shape index (κ3) is 2.02. The number of fused-ring (bicyclic) bond motifs is 1. The predicted octanol–water partition coefficient (Wildman–Crippen LogP) is 5.91. The van der Waals surface area contributed by atoms with Crippen LogP contribution in [0, 0.1) is 5.41 Å². The summed E-state index contributed by atoms with van der Waals surface area (Å²) < 4.78 is 0. The summed E-state index contributed by atoms with van der Waals surface area (Å²) in [6.07, 6.45) is 2.92. The Hall–Kier alpha value is -1.63. The molecule has 0 atom stereocenters. The van der Waals surface area contributed by atoms with Crippen LogP contribution in [0.3, 0.4) is 0 Å². The van der Waals surface area contributed by atoms with Crippen LogP contribution in [-0.4, -0.2) is 4.98 Å². The molecule has 0 spiro atoms. The van der Waals surface area contributed by atoms with Crippen molar-refractivity contribution in [1.29, 1.82) is 0 Å². The second-order valence-electron chi connectivity index (χ2n) is 8.50. The van der Waals surface area contributed by atoms with Gasteiger partial charge in [-0.25, -0.2) is 0 Å². The minimum atomic E-state index is 0.142. The number of rotatable bonds is 2. The summed E-state index contributed by atoms with van der Waals surface area (Å²) in [7, 11) is 0. The SMILES string of the molecule is CCc1cccnc1-c1ccc2c(c1)C(C)(C)C(C)(C)C2(C)C. The molecular weight excluding hydrogens is 278 g/mol. The van der Waals surface area contributed by atoms with E-state index in [1.165, 1.54) is 22.3 Å². The van der Waals surface area contributed by atoms with Crippen molar-refractivity contribution in [1.82, 2.24) is 4.98 Å². The van der Waals surface area contributed by atoms with Crippen molar-refractivity contribution in [2.24, 2.45) is 5.41 Å². The number of benzene rings is 1. The molecule has 1 aromatic heterocycles. The zero-order valence-corrected chi connectivity index (χ0v) is 15.6. The average molecular weight is 307 g/mol. The normalized spacial score (nSPS) is 20.3. The third-order valence-corrected chi connectivity index (χ3v) is 7.04. The van der Waals surface area contributed by atoms with E-state index in [4.69, 9.17) is 0 Å². The molecule has 1 heteroatoms. The molecule has 1 aliphatic carbocycles. The predicted molar refractivity (Wildman–Crippen MR) is 98.9 cm³/mol. The smallest absolute Gasteiger partial charge is 0.0733 e. The van der Waals surface area contributed by atoms with Crippen molar-refractivity contribution in [2.45, 2.75) is 65.7 Å². The Morgan fingerprint density at radius 2 is 1.52 bits per heavy atom. The van der Waals surface area contributed by atoms with Gasteiger partial charge in [0.05, 0.1) is 5.69 Å². The number of hydrogen-bond acceptors (Lipinski definition) is 1. The van der Waals surface area contributed by atoms with E-state index in [2.05, 4.69) is 77.7 Å². The summed E-state index contributed by atoms with van der Waals surface area (Å²) >= 11 is 0. The fourth-order valence-electron chi connectivity index (χ4n) is 4.19. The van der Waals surface area contributed by atoms with E-state index >= 15 is 0 Å². The number of nitrogens with zero attached hydrogens (tertiary/aromatic N) is 1. The molecule has 1 aliphatic rings. The minimum absolute atomic E-state index is 0.142. The van der Waals surface area contributed by atoms with E-state index in [0.717, 1.165) is 12.1 Å². The lowest BCUT2D eigenvalue weighted by molar-refractivity contribution is 0.125. The quantitative estimate of drug-likeness (QED) is 0.672. The van der Waals surface area contributed by atoms with Gasteiger partial charge in [0, 0.05) is 11.8 Å². The molecule has 0 N–H and O–H groups in total. The molecular formula is C22H29N. The van der Waals surface area contributed by atoms with Crippen molar-refractivity contribution in [2.75, 3.05) is 0 Å². The van der Waals surface area contributed by atoms with E-state index < -0.39 is 0 Å². The van der Waals surface area contributed by atoms with Crippen LogP contribution in [0.25, 0.3) is 11.3 Å². The standard InChI is InChI=1S/C22H29N/c1-8-15-10-9-13-23-19(15)16-11-12-17-18(14-16)21(4,5)22(6,7)20(17,2)3/h9-14H,8H2,1-7H3. The molecule has 0 radical (unpaired) electrons. The van der Waals surface area contributed by atoms with Gasteiger partial charge in [-0.2, -0.15) is 0 Å². The number of aryl methyl sites for hydroxylation is 1. The molecule has 0 aliphatic heterocycles. The average Bonchev–Trinajstić information content (AvgIpc) is 2.63. The molecule has 1 heterocycles. The van der Waals surface area contributed by atoms with Crippen molar-refractivity contribution >= 4 is 0 Å². The van der Waals surface area contributed by atoms with Crippen molar-refractivity contribution in [3.8, 4) is 11.3 Å². The first kappa shape index (κ1) is 16.2. The van der Waals surface area contributed by atoms with Gasteiger partial charge in [-0.15, -0.1) is 0 Å². The van der Waals surface area contributed by atoms with Crippen LogP contribution >= 0.6 is 0 Å². The Morgan fingerprint density at radius 1 is 0.870 bits per heavy atom. The lowest BCUT2D eigenvalue weighted by Crippen LogP contribution is -2.42. The Balaban J connectivity index is 2.23. The maximum absolute atomic E-state index is 4.67. The zero-order valence-electron chi connectivity index (χ0n) is 15.6. The summed E-state index contributed by atoms with van der Waals surface area (Å²) in [5, 5.41) is 0. The van der Waals surface area contributed by atoms with Crippen LogP contribution in [0.1, 0.15) is 65.2 Å². The monoisotopic (exact) mass is 307 g/mol. The van der Waals surface area contributed by atoms with Crippen LogP contribution in [0.5, 0.6) is 0 Å². The lowest BCUT2D eigenvalue weighted by atomic mass is 9.59. The summed E-state index contributed by atoms with van der Waals surface area (Å²) in [6.45, 7) is 16.6. The molecule has 0 bridgehead atoms. The topological polar surface area (TPSA) is 12.9 Å². The fourth-order valence-corrected chi connectivity index (χ4v) is 4.19. The maximum Gasteiger partial charge on any atom is 0.0733 e. The van der Waals surface area contributed by atoms with Gasteiger partial charge in [-0.05, 0) is 51.5 Å². The van der Waals surface area contributed by atoms with Crippen LogP contribution < -0.4 is 0 Å². The van der Waals surface area contributed by atoms with Crippen LogP contribution in [0.4, 0.5) is 0 Å². The first-order chi connectivity index (χ1) is 10.6. The van der Waals surface area contributed by atoms with Gasteiger partial charge < -0.3 is 0 Å². The van der Waals surface area contributed by atoms with Gasteiger partial charge in [0.1, 0.15) is 0 Å². The summed E-state index contributed by atoms with van der Waals surface area (Å²) in [4.78, 5) is 4.67. The Bertz CT molecular complexity index is 750. The largest absolute Gasteiger partial charge is 0.256 e. The van der Waals surface area contributed by atoms with Crippen molar-refractivity contribution in [3.63, 3.8) is 0 Å². The van der Waals surface area contributed by atoms with Crippen LogP contribution in [-0.2, 0) is 17.3 Å². The van der Waals surface area contributed by atoms with Gasteiger partial charge in [-0.3, -0.25) is 4.98 Å². The van der Waals surface area contributed by atoms with Gasteiger partial charge >= 0.3 is 0 Å². The summed E-state index contributed by atoms with van der Waals surface area (Å²) in [5.74, 6) is 0. The molecule has 0 saturated carbocycles. The van der Waals surface area contributed by atoms with Crippen molar-refractivity contribution in [3.05, 3.63) is 53.2 Å². The zero-order chi connectivity index (χ0) is 17.0. The maximum atomic E-state index is 4.67. The lowest BCUT2D eigenvalue weighted by Gasteiger charge is -2.44. The van der Waals surface area contributed by atoms with E-state index in [1.807, 2.05) is 12.3 Å². The highest BCUT2D eigenvalue weighted by molar-refractivity contribution is 5.67. The minimum Gasteiger partial charge on any atom is -0.256 e. The van der Waals surface area contributed by atoms with Gasteiger partial charge in [0.2, 0.25) is 0 Å². The molecule has 2 aromatic rings. The van der Waals surface area contributed by atoms with Crippen LogP contribution in [0.15, 0.2) is 36.5 Å².